The molecule has 5 nitrogen and oxygen atoms in total. The highest BCUT2D eigenvalue weighted by Gasteiger charge is 2.24. The average molecular weight is 199 g/mol. The van der Waals surface area contributed by atoms with Gasteiger partial charge in [-0.05, 0) is 25.7 Å². The van der Waals surface area contributed by atoms with Gasteiger partial charge in [-0.2, -0.15) is 0 Å². The smallest absolute Gasteiger partial charge is 0.236 e. The van der Waals surface area contributed by atoms with Gasteiger partial charge in [0.15, 0.2) is 0 Å². The maximum absolute atomic E-state index is 11.4. The summed E-state index contributed by atoms with van der Waals surface area (Å²) in [6, 6.07) is 0.232. The lowest BCUT2D eigenvalue weighted by atomic mass is 9.86. The molecule has 0 aromatic heterocycles. The van der Waals surface area contributed by atoms with Gasteiger partial charge >= 0.3 is 0 Å². The molecule has 0 aromatic carbocycles. The molecule has 2 amide bonds. The maximum atomic E-state index is 11.4. The van der Waals surface area contributed by atoms with E-state index >= 15 is 0 Å². The molecule has 0 unspecified atom stereocenters. The molecule has 0 aliphatic heterocycles. The second-order valence-corrected chi connectivity index (χ2v) is 3.80. The van der Waals surface area contributed by atoms with E-state index in [9.17, 15) is 9.59 Å². The van der Waals surface area contributed by atoms with Crippen LogP contribution in [0.4, 0.5) is 0 Å². The molecule has 0 radical (unpaired) electrons. The molecule has 0 bridgehead atoms. The summed E-state index contributed by atoms with van der Waals surface area (Å²) in [5.41, 5.74) is 10.6. The van der Waals surface area contributed by atoms with Crippen molar-refractivity contribution < 1.29 is 9.59 Å². The van der Waals surface area contributed by atoms with Crippen LogP contribution in [0, 0.1) is 5.92 Å². The molecule has 5 N–H and O–H groups in total. The molecule has 1 aliphatic carbocycles. The number of amides is 2. The Morgan fingerprint density at radius 1 is 1.21 bits per heavy atom. The standard InChI is InChI=1S/C9H17N3O2/c10-7-3-1-6(2-4-7)9(14)12-5-8(11)13/h6-7H,1-5,10H2,(H2,11,13)(H,12,14). The normalized spacial score (nSPS) is 26.9. The van der Waals surface area contributed by atoms with Crippen LogP contribution in [0.2, 0.25) is 0 Å². The molecule has 1 aliphatic rings. The average Bonchev–Trinajstić information content (AvgIpc) is 2.15. The van der Waals surface area contributed by atoms with Crippen LogP contribution < -0.4 is 16.8 Å². The van der Waals surface area contributed by atoms with Gasteiger partial charge < -0.3 is 16.8 Å². The van der Waals surface area contributed by atoms with Crippen molar-refractivity contribution in [3.05, 3.63) is 0 Å². The minimum atomic E-state index is -0.508. The summed E-state index contributed by atoms with van der Waals surface area (Å²) in [7, 11) is 0. The zero-order chi connectivity index (χ0) is 10.6. The van der Waals surface area contributed by atoms with Crippen molar-refractivity contribution in [2.75, 3.05) is 6.54 Å². The highest BCUT2D eigenvalue weighted by molar-refractivity contribution is 5.84. The van der Waals surface area contributed by atoms with Gasteiger partial charge in [0.25, 0.3) is 0 Å². The van der Waals surface area contributed by atoms with Crippen LogP contribution in [-0.4, -0.2) is 24.4 Å². The second kappa shape index (κ2) is 4.95. The molecular formula is C9H17N3O2. The third-order valence-corrected chi connectivity index (χ3v) is 2.58. The largest absolute Gasteiger partial charge is 0.368 e. The van der Waals surface area contributed by atoms with Crippen LogP contribution in [0.5, 0.6) is 0 Å². The summed E-state index contributed by atoms with van der Waals surface area (Å²) in [6.45, 7) is -0.0681. The first-order chi connectivity index (χ1) is 6.59. The van der Waals surface area contributed by atoms with E-state index in [4.69, 9.17) is 11.5 Å². The van der Waals surface area contributed by atoms with Crippen molar-refractivity contribution in [2.45, 2.75) is 31.7 Å². The quantitative estimate of drug-likeness (QED) is 0.549. The summed E-state index contributed by atoms with van der Waals surface area (Å²) in [6.07, 6.45) is 3.39. The number of hydrogen-bond acceptors (Lipinski definition) is 3. The minimum absolute atomic E-state index is 0.00847. The molecule has 0 atom stereocenters. The van der Waals surface area contributed by atoms with Crippen molar-refractivity contribution >= 4 is 11.8 Å². The molecule has 5 heteroatoms. The molecule has 80 valence electrons. The van der Waals surface area contributed by atoms with Gasteiger partial charge in [-0.1, -0.05) is 0 Å². The topological polar surface area (TPSA) is 98.2 Å². The Labute approximate surface area is 83.2 Å². The molecular weight excluding hydrogens is 182 g/mol. The number of carbonyl (C=O) groups is 2. The van der Waals surface area contributed by atoms with Crippen molar-refractivity contribution in [1.82, 2.24) is 5.32 Å². The van der Waals surface area contributed by atoms with Crippen LogP contribution in [0.1, 0.15) is 25.7 Å². The first kappa shape index (κ1) is 11.0. The van der Waals surface area contributed by atoms with Gasteiger partial charge in [0.2, 0.25) is 11.8 Å². The van der Waals surface area contributed by atoms with E-state index in [0.717, 1.165) is 25.7 Å². The fourth-order valence-corrected chi connectivity index (χ4v) is 1.70. The number of carbonyl (C=O) groups excluding carboxylic acids is 2. The van der Waals surface area contributed by atoms with Gasteiger partial charge in [-0.3, -0.25) is 9.59 Å². The summed E-state index contributed by atoms with van der Waals surface area (Å²) in [4.78, 5) is 21.9. The molecule has 0 aromatic rings. The van der Waals surface area contributed by atoms with Crippen molar-refractivity contribution in [3.63, 3.8) is 0 Å². The van der Waals surface area contributed by atoms with Gasteiger partial charge in [-0.25, -0.2) is 0 Å². The van der Waals surface area contributed by atoms with Crippen LogP contribution >= 0.6 is 0 Å². The summed E-state index contributed by atoms with van der Waals surface area (Å²) < 4.78 is 0. The van der Waals surface area contributed by atoms with E-state index in [0.29, 0.717) is 0 Å². The minimum Gasteiger partial charge on any atom is -0.368 e. The third kappa shape index (κ3) is 3.33. The first-order valence-corrected chi connectivity index (χ1v) is 4.91. The van der Waals surface area contributed by atoms with Crippen LogP contribution in [0.3, 0.4) is 0 Å². The number of nitrogens with two attached hydrogens (primary N) is 2. The molecule has 0 spiro atoms. The van der Waals surface area contributed by atoms with E-state index in [1.165, 1.54) is 0 Å². The van der Waals surface area contributed by atoms with Gasteiger partial charge in [0, 0.05) is 12.0 Å². The lowest BCUT2D eigenvalue weighted by molar-refractivity contribution is -0.128. The van der Waals surface area contributed by atoms with Gasteiger partial charge in [0.1, 0.15) is 0 Å². The Morgan fingerprint density at radius 3 is 2.29 bits per heavy atom. The molecule has 14 heavy (non-hydrogen) atoms. The maximum Gasteiger partial charge on any atom is 0.236 e. The van der Waals surface area contributed by atoms with Crippen LogP contribution in [0.25, 0.3) is 0 Å². The SMILES string of the molecule is NC(=O)CNC(=O)C1CCC(N)CC1. The molecule has 1 saturated carbocycles. The van der Waals surface area contributed by atoms with E-state index in [2.05, 4.69) is 5.32 Å². The predicted molar refractivity (Wildman–Crippen MR) is 52.1 cm³/mol. The zero-order valence-electron chi connectivity index (χ0n) is 8.16. The van der Waals surface area contributed by atoms with E-state index < -0.39 is 5.91 Å². The van der Waals surface area contributed by atoms with Gasteiger partial charge in [0.05, 0.1) is 6.54 Å². The predicted octanol–water partition coefficient (Wildman–Crippen LogP) is -0.895. The fraction of sp³-hybridized carbons (Fsp3) is 0.778. The lowest BCUT2D eigenvalue weighted by Gasteiger charge is -2.24. The van der Waals surface area contributed by atoms with Gasteiger partial charge in [-0.15, -0.1) is 0 Å². The van der Waals surface area contributed by atoms with Crippen molar-refractivity contribution in [1.29, 1.82) is 0 Å². The molecule has 1 rings (SSSR count). The van der Waals surface area contributed by atoms with E-state index in [1.807, 2.05) is 0 Å². The highest BCUT2D eigenvalue weighted by atomic mass is 16.2. The number of primary amides is 1. The van der Waals surface area contributed by atoms with Crippen molar-refractivity contribution in [2.24, 2.45) is 17.4 Å². The molecule has 1 fully saturated rings. The summed E-state index contributed by atoms with van der Waals surface area (Å²) >= 11 is 0. The lowest BCUT2D eigenvalue weighted by Crippen LogP contribution is -2.39. The highest BCUT2D eigenvalue weighted by Crippen LogP contribution is 2.22. The zero-order valence-corrected chi connectivity index (χ0v) is 8.16. The first-order valence-electron chi connectivity index (χ1n) is 4.91. The molecule has 0 saturated heterocycles. The number of nitrogens with one attached hydrogen (secondary N) is 1. The van der Waals surface area contributed by atoms with E-state index in [-0.39, 0.29) is 24.4 Å². The Hall–Kier alpha value is -1.10. The summed E-state index contributed by atoms with van der Waals surface area (Å²) in [5, 5.41) is 2.51. The Kier molecular flexibility index (Phi) is 3.88. The Bertz CT molecular complexity index is 222. The van der Waals surface area contributed by atoms with Crippen molar-refractivity contribution in [3.8, 4) is 0 Å². The summed E-state index contributed by atoms with van der Waals surface area (Å²) in [5.74, 6) is -0.573. The Balaban J connectivity index is 2.27. The second-order valence-electron chi connectivity index (χ2n) is 3.80. The Morgan fingerprint density at radius 2 is 1.79 bits per heavy atom. The number of hydrogen-bond donors (Lipinski definition) is 3. The number of rotatable bonds is 3. The third-order valence-electron chi connectivity index (χ3n) is 2.58. The molecule has 0 heterocycles. The van der Waals surface area contributed by atoms with Crippen LogP contribution in [-0.2, 0) is 9.59 Å². The van der Waals surface area contributed by atoms with E-state index in [1.54, 1.807) is 0 Å². The van der Waals surface area contributed by atoms with Crippen LogP contribution in [0.15, 0.2) is 0 Å². The fourth-order valence-electron chi connectivity index (χ4n) is 1.70. The monoisotopic (exact) mass is 199 g/mol.